The van der Waals surface area contributed by atoms with Gasteiger partial charge in [0.15, 0.2) is 5.78 Å². The van der Waals surface area contributed by atoms with Crippen LogP contribution in [0.2, 0.25) is 0 Å². The molecule has 2 aromatic carbocycles. The van der Waals surface area contributed by atoms with Gasteiger partial charge >= 0.3 is 0 Å². The van der Waals surface area contributed by atoms with E-state index in [1.54, 1.807) is 19.2 Å². The summed E-state index contributed by atoms with van der Waals surface area (Å²) in [6, 6.07) is 19.6. The number of carbonyl (C=O) groups is 1. The quantitative estimate of drug-likeness (QED) is 0.487. The van der Waals surface area contributed by atoms with Crippen molar-refractivity contribution in [2.75, 3.05) is 10.6 Å². The minimum absolute atomic E-state index is 0.0350. The Morgan fingerprint density at radius 1 is 1.07 bits per heavy atom. The first kappa shape index (κ1) is 17.7. The fourth-order valence-corrected chi connectivity index (χ4v) is 3.06. The van der Waals surface area contributed by atoms with E-state index in [9.17, 15) is 4.79 Å². The van der Waals surface area contributed by atoms with E-state index in [-0.39, 0.29) is 5.78 Å². The van der Waals surface area contributed by atoms with Gasteiger partial charge < -0.3 is 15.2 Å². The van der Waals surface area contributed by atoms with Crippen molar-refractivity contribution in [1.82, 2.24) is 14.5 Å². The number of pyridine rings is 1. The topological polar surface area (TPSA) is 71.8 Å². The van der Waals surface area contributed by atoms with Gasteiger partial charge in [-0.05, 0) is 24.6 Å². The number of imidazole rings is 1. The van der Waals surface area contributed by atoms with Gasteiger partial charge in [-0.1, -0.05) is 42.5 Å². The van der Waals surface area contributed by atoms with E-state index >= 15 is 0 Å². The summed E-state index contributed by atoms with van der Waals surface area (Å²) >= 11 is 0. The standard InChI is InChI=1S/C22H21N5O/c1-15(28)17-9-6-10-18(11-17)25-21-12-20-19(14-23-21)26-22(27(20)2)24-13-16-7-4-3-5-8-16/h3-12,14H,13H2,1-2H3,(H,23,25)(H,24,26). The van der Waals surface area contributed by atoms with Gasteiger partial charge in [-0.3, -0.25) is 4.79 Å². The van der Waals surface area contributed by atoms with Gasteiger partial charge in [-0.2, -0.15) is 0 Å². The number of Topliss-reactive ketones (excluding diaryl/α,β-unsaturated/α-hetero) is 1. The van der Waals surface area contributed by atoms with Crippen LogP contribution in [0, 0.1) is 0 Å². The zero-order chi connectivity index (χ0) is 19.5. The number of ketones is 1. The number of fused-ring (bicyclic) bond motifs is 1. The van der Waals surface area contributed by atoms with Crippen molar-refractivity contribution < 1.29 is 4.79 Å². The molecule has 6 heteroatoms. The second kappa shape index (κ2) is 7.52. The Kier molecular flexibility index (Phi) is 4.76. The molecule has 0 saturated heterocycles. The summed E-state index contributed by atoms with van der Waals surface area (Å²) in [5.74, 6) is 1.52. The van der Waals surface area contributed by atoms with Gasteiger partial charge in [0.05, 0.1) is 11.7 Å². The summed E-state index contributed by atoms with van der Waals surface area (Å²) < 4.78 is 2.01. The SMILES string of the molecule is CC(=O)c1cccc(Nc2cc3c(cn2)nc(NCc2ccccc2)n3C)c1. The Hall–Kier alpha value is -3.67. The predicted molar refractivity (Wildman–Crippen MR) is 112 cm³/mol. The van der Waals surface area contributed by atoms with Crippen molar-refractivity contribution in [3.63, 3.8) is 0 Å². The molecular weight excluding hydrogens is 350 g/mol. The average molecular weight is 371 g/mol. The number of nitrogens with zero attached hydrogens (tertiary/aromatic N) is 3. The van der Waals surface area contributed by atoms with Crippen LogP contribution in [-0.2, 0) is 13.6 Å². The lowest BCUT2D eigenvalue weighted by Crippen LogP contribution is -2.04. The van der Waals surface area contributed by atoms with Crippen LogP contribution in [0.5, 0.6) is 0 Å². The highest BCUT2D eigenvalue weighted by Crippen LogP contribution is 2.23. The van der Waals surface area contributed by atoms with Crippen LogP contribution in [0.4, 0.5) is 17.5 Å². The Labute approximate surface area is 163 Å². The molecule has 0 aliphatic rings. The van der Waals surface area contributed by atoms with Crippen molar-refractivity contribution in [1.29, 1.82) is 0 Å². The predicted octanol–water partition coefficient (Wildman–Crippen LogP) is 4.53. The summed E-state index contributed by atoms with van der Waals surface area (Å²) in [7, 11) is 1.98. The number of benzene rings is 2. The van der Waals surface area contributed by atoms with Crippen molar-refractivity contribution >= 4 is 34.3 Å². The molecule has 0 atom stereocenters. The summed E-state index contributed by atoms with van der Waals surface area (Å²) in [4.78, 5) is 20.7. The summed E-state index contributed by atoms with van der Waals surface area (Å²) in [5, 5.41) is 6.63. The van der Waals surface area contributed by atoms with Gasteiger partial charge in [0.25, 0.3) is 0 Å². The van der Waals surface area contributed by atoms with Crippen LogP contribution in [-0.4, -0.2) is 20.3 Å². The monoisotopic (exact) mass is 371 g/mol. The Morgan fingerprint density at radius 2 is 1.89 bits per heavy atom. The van der Waals surface area contributed by atoms with Crippen LogP contribution < -0.4 is 10.6 Å². The van der Waals surface area contributed by atoms with Crippen LogP contribution in [0.3, 0.4) is 0 Å². The maximum absolute atomic E-state index is 11.6. The molecule has 4 rings (SSSR count). The van der Waals surface area contributed by atoms with E-state index < -0.39 is 0 Å². The van der Waals surface area contributed by atoms with Gasteiger partial charge in [0, 0.05) is 30.9 Å². The number of rotatable bonds is 6. The van der Waals surface area contributed by atoms with E-state index in [0.717, 1.165) is 22.7 Å². The molecule has 0 radical (unpaired) electrons. The molecule has 140 valence electrons. The van der Waals surface area contributed by atoms with Crippen molar-refractivity contribution in [2.45, 2.75) is 13.5 Å². The largest absolute Gasteiger partial charge is 0.352 e. The molecule has 2 heterocycles. The second-order valence-electron chi connectivity index (χ2n) is 6.65. The smallest absolute Gasteiger partial charge is 0.203 e. The van der Waals surface area contributed by atoms with Crippen LogP contribution in [0.15, 0.2) is 66.9 Å². The molecule has 0 amide bonds. The molecule has 0 fully saturated rings. The lowest BCUT2D eigenvalue weighted by atomic mass is 10.1. The molecule has 0 spiro atoms. The number of nitrogens with one attached hydrogen (secondary N) is 2. The molecule has 2 N–H and O–H groups in total. The Balaban J connectivity index is 1.56. The van der Waals surface area contributed by atoms with Gasteiger partial charge in [-0.25, -0.2) is 9.97 Å². The highest BCUT2D eigenvalue weighted by atomic mass is 16.1. The summed E-state index contributed by atoms with van der Waals surface area (Å²) in [6.07, 6.45) is 1.75. The first-order chi connectivity index (χ1) is 13.6. The number of anilines is 3. The molecule has 28 heavy (non-hydrogen) atoms. The first-order valence-corrected chi connectivity index (χ1v) is 9.08. The molecule has 6 nitrogen and oxygen atoms in total. The zero-order valence-corrected chi connectivity index (χ0v) is 15.8. The van der Waals surface area contributed by atoms with E-state index in [1.165, 1.54) is 5.56 Å². The molecule has 0 unspecified atom stereocenters. The van der Waals surface area contributed by atoms with Crippen LogP contribution >= 0.6 is 0 Å². The lowest BCUT2D eigenvalue weighted by Gasteiger charge is -2.08. The van der Waals surface area contributed by atoms with E-state index in [2.05, 4.69) is 32.7 Å². The number of hydrogen-bond donors (Lipinski definition) is 2. The third kappa shape index (κ3) is 3.71. The molecule has 0 saturated carbocycles. The number of aryl methyl sites for hydroxylation is 1. The van der Waals surface area contributed by atoms with Gasteiger partial charge in [-0.15, -0.1) is 0 Å². The molecule has 4 aromatic rings. The number of aromatic nitrogens is 3. The third-order valence-corrected chi connectivity index (χ3v) is 4.60. The van der Waals surface area contributed by atoms with Crippen molar-refractivity contribution in [3.8, 4) is 0 Å². The van der Waals surface area contributed by atoms with E-state index in [4.69, 9.17) is 0 Å². The average Bonchev–Trinajstić information content (AvgIpc) is 3.03. The van der Waals surface area contributed by atoms with Gasteiger partial charge in [0.1, 0.15) is 11.3 Å². The maximum Gasteiger partial charge on any atom is 0.203 e. The molecule has 0 aliphatic heterocycles. The van der Waals surface area contributed by atoms with Crippen molar-refractivity contribution in [2.24, 2.45) is 7.05 Å². The minimum Gasteiger partial charge on any atom is -0.352 e. The Morgan fingerprint density at radius 3 is 2.68 bits per heavy atom. The molecule has 0 aliphatic carbocycles. The highest BCUT2D eigenvalue weighted by Gasteiger charge is 2.10. The third-order valence-electron chi connectivity index (χ3n) is 4.60. The first-order valence-electron chi connectivity index (χ1n) is 9.08. The second-order valence-corrected chi connectivity index (χ2v) is 6.65. The van der Waals surface area contributed by atoms with Crippen molar-refractivity contribution in [3.05, 3.63) is 78.0 Å². The lowest BCUT2D eigenvalue weighted by molar-refractivity contribution is 0.101. The summed E-state index contributed by atoms with van der Waals surface area (Å²) in [6.45, 7) is 2.26. The van der Waals surface area contributed by atoms with Crippen LogP contribution in [0.25, 0.3) is 11.0 Å². The normalized spacial score (nSPS) is 10.8. The minimum atomic E-state index is 0.0350. The maximum atomic E-state index is 11.6. The summed E-state index contributed by atoms with van der Waals surface area (Å²) in [5.41, 5.74) is 4.47. The molecule has 0 bridgehead atoms. The Bertz CT molecular complexity index is 1130. The van der Waals surface area contributed by atoms with E-state index in [0.29, 0.717) is 17.9 Å². The number of hydrogen-bond acceptors (Lipinski definition) is 5. The zero-order valence-electron chi connectivity index (χ0n) is 15.8. The van der Waals surface area contributed by atoms with Crippen LogP contribution in [0.1, 0.15) is 22.8 Å². The fraction of sp³-hybridized carbons (Fsp3) is 0.136. The van der Waals surface area contributed by atoms with Gasteiger partial charge in [0.2, 0.25) is 5.95 Å². The molecule has 2 aromatic heterocycles. The fourth-order valence-electron chi connectivity index (χ4n) is 3.06. The van der Waals surface area contributed by atoms with E-state index in [1.807, 2.05) is 54.1 Å². The highest BCUT2D eigenvalue weighted by molar-refractivity contribution is 5.95. The number of carbonyl (C=O) groups excluding carboxylic acids is 1. The molecular formula is C22H21N5O.